The summed E-state index contributed by atoms with van der Waals surface area (Å²) in [5.74, 6) is 0.828. The second-order valence-electron chi connectivity index (χ2n) is 5.25. The molecule has 0 rings (SSSR count). The molecule has 0 heterocycles. The van der Waals surface area contributed by atoms with Gasteiger partial charge < -0.3 is 5.32 Å². The zero-order valence-corrected chi connectivity index (χ0v) is 10.3. The van der Waals surface area contributed by atoms with E-state index in [0.29, 0.717) is 11.6 Å². The van der Waals surface area contributed by atoms with E-state index in [-0.39, 0.29) is 0 Å². The van der Waals surface area contributed by atoms with E-state index >= 15 is 0 Å². The van der Waals surface area contributed by atoms with E-state index in [1.54, 1.807) is 0 Å². The average molecular weight is 185 g/mol. The normalized spacial score (nSPS) is 15.0. The molecule has 0 aromatic carbocycles. The van der Waals surface area contributed by atoms with Crippen molar-refractivity contribution in [2.24, 2.45) is 5.92 Å². The van der Waals surface area contributed by atoms with Crippen LogP contribution in [0.15, 0.2) is 0 Å². The van der Waals surface area contributed by atoms with Crippen LogP contribution in [0.1, 0.15) is 60.8 Å². The van der Waals surface area contributed by atoms with Crippen LogP contribution in [0.4, 0.5) is 0 Å². The van der Waals surface area contributed by atoms with Crippen LogP contribution in [0.5, 0.6) is 0 Å². The predicted octanol–water partition coefficient (Wildman–Crippen LogP) is 3.59. The Bertz CT molecular complexity index is 127. The van der Waals surface area contributed by atoms with E-state index in [0.717, 1.165) is 5.92 Å². The molecule has 1 atom stereocenters. The maximum absolute atomic E-state index is 3.66. The number of rotatable bonds is 6. The van der Waals surface area contributed by atoms with Gasteiger partial charge in [-0.3, -0.25) is 0 Å². The average Bonchev–Trinajstić information content (AvgIpc) is 2.00. The lowest BCUT2D eigenvalue weighted by molar-refractivity contribution is 0.314. The summed E-state index contributed by atoms with van der Waals surface area (Å²) >= 11 is 0. The third kappa shape index (κ3) is 7.06. The lowest BCUT2D eigenvalue weighted by Crippen LogP contribution is -2.44. The lowest BCUT2D eigenvalue weighted by Gasteiger charge is -2.29. The Labute approximate surface area is 84.3 Å². The zero-order valence-electron chi connectivity index (χ0n) is 10.3. The molecule has 1 nitrogen and oxygen atoms in total. The fourth-order valence-electron chi connectivity index (χ4n) is 1.42. The van der Waals surface area contributed by atoms with Crippen LogP contribution in [0, 0.1) is 5.92 Å². The molecule has 0 aliphatic rings. The molecule has 0 aliphatic heterocycles. The monoisotopic (exact) mass is 185 g/mol. The molecule has 0 saturated heterocycles. The summed E-state index contributed by atoms with van der Waals surface area (Å²) in [7, 11) is 0. The van der Waals surface area contributed by atoms with Gasteiger partial charge in [-0.25, -0.2) is 0 Å². The van der Waals surface area contributed by atoms with Gasteiger partial charge in [0.2, 0.25) is 0 Å². The summed E-state index contributed by atoms with van der Waals surface area (Å²) in [6.07, 6.45) is 3.81. The summed E-state index contributed by atoms with van der Waals surface area (Å²) < 4.78 is 0. The first-order chi connectivity index (χ1) is 5.87. The Balaban J connectivity index is 3.67. The van der Waals surface area contributed by atoms with E-state index < -0.39 is 0 Å². The van der Waals surface area contributed by atoms with Gasteiger partial charge in [0.25, 0.3) is 0 Å². The molecule has 13 heavy (non-hydrogen) atoms. The minimum atomic E-state index is 0.302. The Morgan fingerprint density at radius 1 is 1.08 bits per heavy atom. The Morgan fingerprint density at radius 3 is 2.00 bits per heavy atom. The van der Waals surface area contributed by atoms with E-state index in [2.05, 4.69) is 46.9 Å². The van der Waals surface area contributed by atoms with Crippen LogP contribution in [0.25, 0.3) is 0 Å². The summed E-state index contributed by atoms with van der Waals surface area (Å²) in [6.45, 7) is 13.7. The maximum atomic E-state index is 3.66. The minimum absolute atomic E-state index is 0.302. The van der Waals surface area contributed by atoms with Crippen LogP contribution >= 0.6 is 0 Å². The van der Waals surface area contributed by atoms with E-state index in [1.807, 2.05) is 0 Å². The zero-order chi connectivity index (χ0) is 10.5. The molecule has 1 unspecified atom stereocenters. The molecular weight excluding hydrogens is 158 g/mol. The molecule has 0 radical (unpaired) electrons. The van der Waals surface area contributed by atoms with Crippen molar-refractivity contribution in [3.05, 3.63) is 0 Å². The number of nitrogens with one attached hydrogen (secondary N) is 1. The first kappa shape index (κ1) is 13.0. The van der Waals surface area contributed by atoms with Crippen molar-refractivity contribution in [2.75, 3.05) is 0 Å². The summed E-state index contributed by atoms with van der Waals surface area (Å²) in [4.78, 5) is 0. The highest BCUT2D eigenvalue weighted by molar-refractivity contribution is 4.78. The second kappa shape index (κ2) is 5.64. The SMILES string of the molecule is CCC(C)(C)NC(C)CCC(C)C. The topological polar surface area (TPSA) is 12.0 Å². The van der Waals surface area contributed by atoms with Gasteiger partial charge in [0, 0.05) is 11.6 Å². The molecule has 0 amide bonds. The molecule has 0 aliphatic carbocycles. The molecule has 0 fully saturated rings. The van der Waals surface area contributed by atoms with Gasteiger partial charge in [0.1, 0.15) is 0 Å². The van der Waals surface area contributed by atoms with Crippen molar-refractivity contribution in [1.82, 2.24) is 5.32 Å². The van der Waals surface area contributed by atoms with E-state index in [1.165, 1.54) is 19.3 Å². The van der Waals surface area contributed by atoms with Crippen LogP contribution in [0.2, 0.25) is 0 Å². The molecular formula is C12H27N. The summed E-state index contributed by atoms with van der Waals surface area (Å²) in [5, 5.41) is 3.66. The van der Waals surface area contributed by atoms with Crippen molar-refractivity contribution in [2.45, 2.75) is 72.4 Å². The Kier molecular flexibility index (Phi) is 5.62. The highest BCUT2D eigenvalue weighted by atomic mass is 15.0. The number of hydrogen-bond acceptors (Lipinski definition) is 1. The highest BCUT2D eigenvalue weighted by Crippen LogP contribution is 2.12. The van der Waals surface area contributed by atoms with Crippen molar-refractivity contribution in [3.8, 4) is 0 Å². The van der Waals surface area contributed by atoms with Crippen LogP contribution in [-0.2, 0) is 0 Å². The van der Waals surface area contributed by atoms with Crippen LogP contribution in [-0.4, -0.2) is 11.6 Å². The molecule has 0 saturated carbocycles. The second-order valence-corrected chi connectivity index (χ2v) is 5.25. The third-order valence-corrected chi connectivity index (χ3v) is 2.70. The van der Waals surface area contributed by atoms with Crippen molar-refractivity contribution in [3.63, 3.8) is 0 Å². The van der Waals surface area contributed by atoms with Gasteiger partial charge in [-0.1, -0.05) is 20.8 Å². The molecule has 0 bridgehead atoms. The molecule has 0 aromatic heterocycles. The van der Waals surface area contributed by atoms with Gasteiger partial charge in [-0.15, -0.1) is 0 Å². The summed E-state index contributed by atoms with van der Waals surface area (Å²) in [6, 6.07) is 0.650. The molecule has 0 aromatic rings. The summed E-state index contributed by atoms with van der Waals surface area (Å²) in [5.41, 5.74) is 0.302. The van der Waals surface area contributed by atoms with Crippen LogP contribution < -0.4 is 5.32 Å². The van der Waals surface area contributed by atoms with Gasteiger partial charge in [-0.05, 0) is 46.0 Å². The standard InChI is InChI=1S/C12H27N/c1-7-12(5,6)13-11(4)9-8-10(2)3/h10-11,13H,7-9H2,1-6H3. The van der Waals surface area contributed by atoms with Crippen molar-refractivity contribution in [1.29, 1.82) is 0 Å². The molecule has 1 N–H and O–H groups in total. The molecule has 1 heteroatoms. The van der Waals surface area contributed by atoms with Crippen molar-refractivity contribution >= 4 is 0 Å². The van der Waals surface area contributed by atoms with Gasteiger partial charge in [-0.2, -0.15) is 0 Å². The predicted molar refractivity (Wildman–Crippen MR) is 61.0 cm³/mol. The Morgan fingerprint density at radius 2 is 1.62 bits per heavy atom. The quantitative estimate of drug-likeness (QED) is 0.667. The number of hydrogen-bond donors (Lipinski definition) is 1. The fourth-order valence-corrected chi connectivity index (χ4v) is 1.42. The lowest BCUT2D eigenvalue weighted by atomic mass is 9.98. The van der Waals surface area contributed by atoms with Gasteiger partial charge in [0.05, 0.1) is 0 Å². The smallest absolute Gasteiger partial charge is 0.0125 e. The molecule has 80 valence electrons. The van der Waals surface area contributed by atoms with Crippen molar-refractivity contribution < 1.29 is 0 Å². The fraction of sp³-hybridized carbons (Fsp3) is 1.00. The first-order valence-electron chi connectivity index (χ1n) is 5.65. The third-order valence-electron chi connectivity index (χ3n) is 2.70. The first-order valence-corrected chi connectivity index (χ1v) is 5.65. The van der Waals surface area contributed by atoms with Crippen LogP contribution in [0.3, 0.4) is 0 Å². The van der Waals surface area contributed by atoms with E-state index in [4.69, 9.17) is 0 Å². The van der Waals surface area contributed by atoms with Gasteiger partial charge in [0.15, 0.2) is 0 Å². The largest absolute Gasteiger partial charge is 0.309 e. The van der Waals surface area contributed by atoms with Gasteiger partial charge >= 0.3 is 0 Å². The minimum Gasteiger partial charge on any atom is -0.309 e. The highest BCUT2D eigenvalue weighted by Gasteiger charge is 2.16. The molecule has 0 spiro atoms. The Hall–Kier alpha value is -0.0400. The van der Waals surface area contributed by atoms with E-state index in [9.17, 15) is 0 Å². The maximum Gasteiger partial charge on any atom is 0.0125 e.